The van der Waals surface area contributed by atoms with E-state index in [0.717, 1.165) is 0 Å². The summed E-state index contributed by atoms with van der Waals surface area (Å²) in [5.41, 5.74) is 0.590. The predicted molar refractivity (Wildman–Crippen MR) is 78.8 cm³/mol. The van der Waals surface area contributed by atoms with Crippen LogP contribution in [0.25, 0.3) is 0 Å². The van der Waals surface area contributed by atoms with Gasteiger partial charge in [0.2, 0.25) is 5.91 Å². The molecule has 0 bridgehead atoms. The first-order valence-electron chi connectivity index (χ1n) is 6.54. The third-order valence-electron chi connectivity index (χ3n) is 2.47. The first kappa shape index (κ1) is 16.5. The Labute approximate surface area is 123 Å². The Morgan fingerprint density at radius 1 is 1.30 bits per heavy atom. The normalized spacial score (nSPS) is 10.1. The largest absolute Gasteiger partial charge is 0.466 e. The van der Waals surface area contributed by atoms with Gasteiger partial charge in [0.1, 0.15) is 0 Å². The Hall–Kier alpha value is -1.59. The summed E-state index contributed by atoms with van der Waals surface area (Å²) in [7, 11) is 0. The average molecular weight is 299 g/mol. The number of esters is 1. The van der Waals surface area contributed by atoms with Gasteiger partial charge in [-0.15, -0.1) is 0 Å². The molecule has 5 nitrogen and oxygen atoms in total. The summed E-state index contributed by atoms with van der Waals surface area (Å²) in [5, 5.41) is 6.17. The Morgan fingerprint density at radius 2 is 2.05 bits per heavy atom. The molecule has 0 aliphatic carbocycles. The first-order valence-corrected chi connectivity index (χ1v) is 6.92. The van der Waals surface area contributed by atoms with Gasteiger partial charge in [-0.25, -0.2) is 0 Å². The van der Waals surface area contributed by atoms with E-state index >= 15 is 0 Å². The molecule has 0 fully saturated rings. The molecule has 0 saturated heterocycles. The summed E-state index contributed by atoms with van der Waals surface area (Å²) in [4.78, 5) is 22.7. The first-order chi connectivity index (χ1) is 9.63. The number of carbonyl (C=O) groups is 2. The van der Waals surface area contributed by atoms with E-state index in [1.807, 2.05) is 0 Å². The molecule has 1 aromatic carbocycles. The van der Waals surface area contributed by atoms with Gasteiger partial charge in [0.05, 0.1) is 23.9 Å². The maximum Gasteiger partial charge on any atom is 0.305 e. The van der Waals surface area contributed by atoms with Gasteiger partial charge < -0.3 is 15.4 Å². The van der Waals surface area contributed by atoms with Crippen LogP contribution >= 0.6 is 11.6 Å². The third kappa shape index (κ3) is 6.54. The molecule has 0 atom stereocenters. The molecular weight excluding hydrogens is 280 g/mol. The van der Waals surface area contributed by atoms with Crippen LogP contribution in [0.2, 0.25) is 5.02 Å². The van der Waals surface area contributed by atoms with E-state index in [2.05, 4.69) is 10.6 Å². The Bertz CT molecular complexity index is 452. The summed E-state index contributed by atoms with van der Waals surface area (Å²) in [6.07, 6.45) is 0.991. The molecule has 1 aromatic rings. The molecule has 6 heteroatoms. The Kier molecular flexibility index (Phi) is 7.69. The molecular formula is C14H19ClN2O3. The number of carbonyl (C=O) groups excluding carboxylic acids is 2. The van der Waals surface area contributed by atoms with Crippen LogP contribution < -0.4 is 10.6 Å². The number of benzene rings is 1. The number of nitrogens with one attached hydrogen (secondary N) is 2. The van der Waals surface area contributed by atoms with Crippen molar-refractivity contribution in [1.82, 2.24) is 5.32 Å². The SMILES string of the molecule is CCOC(=O)CCCNCC(=O)Nc1ccccc1Cl. The monoisotopic (exact) mass is 298 g/mol. The van der Waals surface area contributed by atoms with Crippen molar-refractivity contribution >= 4 is 29.2 Å². The lowest BCUT2D eigenvalue weighted by Crippen LogP contribution is -2.29. The number of hydrogen-bond donors (Lipinski definition) is 2. The van der Waals surface area contributed by atoms with Gasteiger partial charge in [-0.3, -0.25) is 9.59 Å². The van der Waals surface area contributed by atoms with Crippen molar-refractivity contribution in [3.05, 3.63) is 29.3 Å². The smallest absolute Gasteiger partial charge is 0.305 e. The van der Waals surface area contributed by atoms with Crippen LogP contribution in [-0.2, 0) is 14.3 Å². The topological polar surface area (TPSA) is 67.4 Å². The quantitative estimate of drug-likeness (QED) is 0.570. The van der Waals surface area contributed by atoms with Crippen LogP contribution in [0.1, 0.15) is 19.8 Å². The van der Waals surface area contributed by atoms with Crippen LogP contribution in [0, 0.1) is 0 Å². The molecule has 0 aromatic heterocycles. The van der Waals surface area contributed by atoms with Gasteiger partial charge in [0, 0.05) is 6.42 Å². The van der Waals surface area contributed by atoms with Crippen molar-refractivity contribution < 1.29 is 14.3 Å². The van der Waals surface area contributed by atoms with Gasteiger partial charge in [-0.1, -0.05) is 23.7 Å². The standard InChI is InChI=1S/C14H19ClN2O3/c1-2-20-14(19)8-5-9-16-10-13(18)17-12-7-4-3-6-11(12)15/h3-4,6-7,16H,2,5,8-10H2,1H3,(H,17,18). The van der Waals surface area contributed by atoms with E-state index in [-0.39, 0.29) is 18.4 Å². The van der Waals surface area contributed by atoms with E-state index in [4.69, 9.17) is 16.3 Å². The zero-order valence-electron chi connectivity index (χ0n) is 11.4. The van der Waals surface area contributed by atoms with Crippen molar-refractivity contribution in [2.75, 3.05) is 25.0 Å². The fraction of sp³-hybridized carbons (Fsp3) is 0.429. The molecule has 20 heavy (non-hydrogen) atoms. The van der Waals surface area contributed by atoms with Crippen molar-refractivity contribution in [3.8, 4) is 0 Å². The highest BCUT2D eigenvalue weighted by atomic mass is 35.5. The Balaban J connectivity index is 2.15. The summed E-state index contributed by atoms with van der Waals surface area (Å²) >= 11 is 5.93. The van der Waals surface area contributed by atoms with Crippen molar-refractivity contribution in [1.29, 1.82) is 0 Å². The highest BCUT2D eigenvalue weighted by Gasteiger charge is 2.05. The fourth-order valence-electron chi connectivity index (χ4n) is 1.55. The molecule has 0 heterocycles. The van der Waals surface area contributed by atoms with Crippen LogP contribution in [0.15, 0.2) is 24.3 Å². The van der Waals surface area contributed by atoms with E-state index in [1.165, 1.54) is 0 Å². The molecule has 0 radical (unpaired) electrons. The zero-order valence-corrected chi connectivity index (χ0v) is 12.2. The van der Waals surface area contributed by atoms with Crippen LogP contribution in [0.3, 0.4) is 0 Å². The average Bonchev–Trinajstić information content (AvgIpc) is 2.41. The lowest BCUT2D eigenvalue weighted by molar-refractivity contribution is -0.143. The van der Waals surface area contributed by atoms with Crippen LogP contribution in [0.5, 0.6) is 0 Å². The predicted octanol–water partition coefficient (Wildman–Crippen LogP) is 2.21. The van der Waals surface area contributed by atoms with E-state index < -0.39 is 0 Å². The lowest BCUT2D eigenvalue weighted by atomic mass is 10.3. The van der Waals surface area contributed by atoms with Crippen LogP contribution in [-0.4, -0.2) is 31.6 Å². The Morgan fingerprint density at radius 3 is 2.75 bits per heavy atom. The maximum atomic E-state index is 11.6. The molecule has 1 rings (SSSR count). The summed E-state index contributed by atoms with van der Waals surface area (Å²) < 4.78 is 4.80. The van der Waals surface area contributed by atoms with Crippen molar-refractivity contribution in [2.45, 2.75) is 19.8 Å². The summed E-state index contributed by atoms with van der Waals surface area (Å²) in [6.45, 7) is 2.92. The number of anilines is 1. The van der Waals surface area contributed by atoms with E-state index in [0.29, 0.717) is 36.7 Å². The minimum absolute atomic E-state index is 0.172. The van der Waals surface area contributed by atoms with E-state index in [9.17, 15) is 9.59 Å². The maximum absolute atomic E-state index is 11.6. The van der Waals surface area contributed by atoms with Gasteiger partial charge in [-0.2, -0.15) is 0 Å². The second-order valence-electron chi connectivity index (χ2n) is 4.11. The number of halogens is 1. The second kappa shape index (κ2) is 9.34. The number of hydrogen-bond acceptors (Lipinski definition) is 4. The minimum atomic E-state index is -0.213. The highest BCUT2D eigenvalue weighted by Crippen LogP contribution is 2.19. The lowest BCUT2D eigenvalue weighted by Gasteiger charge is -2.08. The number of ether oxygens (including phenoxy) is 1. The molecule has 0 saturated carbocycles. The van der Waals surface area contributed by atoms with Gasteiger partial charge in [0.25, 0.3) is 0 Å². The number of rotatable bonds is 8. The van der Waals surface area contributed by atoms with Crippen LogP contribution in [0.4, 0.5) is 5.69 Å². The summed E-state index contributed by atoms with van der Waals surface area (Å²) in [5.74, 6) is -0.385. The van der Waals surface area contributed by atoms with Crippen molar-refractivity contribution in [2.24, 2.45) is 0 Å². The van der Waals surface area contributed by atoms with Gasteiger partial charge >= 0.3 is 5.97 Å². The summed E-state index contributed by atoms with van der Waals surface area (Å²) in [6, 6.07) is 7.05. The highest BCUT2D eigenvalue weighted by molar-refractivity contribution is 6.33. The molecule has 0 aliphatic heterocycles. The molecule has 0 unspecified atom stereocenters. The van der Waals surface area contributed by atoms with Gasteiger partial charge in [-0.05, 0) is 32.0 Å². The fourth-order valence-corrected chi connectivity index (χ4v) is 1.73. The minimum Gasteiger partial charge on any atom is -0.466 e. The molecule has 110 valence electrons. The third-order valence-corrected chi connectivity index (χ3v) is 2.80. The number of amides is 1. The number of para-hydroxylation sites is 1. The molecule has 0 spiro atoms. The van der Waals surface area contributed by atoms with Gasteiger partial charge in [0.15, 0.2) is 0 Å². The second-order valence-corrected chi connectivity index (χ2v) is 4.52. The van der Waals surface area contributed by atoms with E-state index in [1.54, 1.807) is 31.2 Å². The molecule has 0 aliphatic rings. The zero-order chi connectivity index (χ0) is 14.8. The van der Waals surface area contributed by atoms with Crippen molar-refractivity contribution in [3.63, 3.8) is 0 Å². The molecule has 2 N–H and O–H groups in total. The molecule has 1 amide bonds.